The average molecular weight is 280 g/mol. The van der Waals surface area contributed by atoms with E-state index in [1.807, 2.05) is 6.92 Å². The van der Waals surface area contributed by atoms with Crippen LogP contribution >= 0.6 is 0 Å². The van der Waals surface area contributed by atoms with Crippen LogP contribution in [-0.2, 0) is 9.59 Å². The number of hydrogen-bond donors (Lipinski definition) is 2. The summed E-state index contributed by atoms with van der Waals surface area (Å²) in [5, 5.41) is 15.9. The summed E-state index contributed by atoms with van der Waals surface area (Å²) in [6, 6.07) is 0. The van der Waals surface area contributed by atoms with E-state index in [2.05, 4.69) is 20.6 Å². The fourth-order valence-electron chi connectivity index (χ4n) is 1.76. The van der Waals surface area contributed by atoms with E-state index >= 15 is 0 Å². The number of nitrogens with one attached hydrogen (secondary N) is 2. The van der Waals surface area contributed by atoms with E-state index in [0.717, 1.165) is 6.20 Å². The second kappa shape index (κ2) is 5.47. The lowest BCUT2D eigenvalue weighted by Crippen LogP contribution is -2.52. The van der Waals surface area contributed by atoms with Gasteiger partial charge in [0.15, 0.2) is 0 Å². The van der Waals surface area contributed by atoms with Crippen LogP contribution in [0, 0.1) is 10.1 Å². The van der Waals surface area contributed by atoms with Gasteiger partial charge in [-0.15, -0.1) is 0 Å². The van der Waals surface area contributed by atoms with E-state index in [-0.39, 0.29) is 30.5 Å². The van der Waals surface area contributed by atoms with E-state index in [1.54, 1.807) is 0 Å². The van der Waals surface area contributed by atoms with Crippen LogP contribution in [0.25, 0.3) is 0 Å². The van der Waals surface area contributed by atoms with Crippen molar-refractivity contribution in [3.63, 3.8) is 0 Å². The number of nitro groups is 1. The van der Waals surface area contributed by atoms with Crippen molar-refractivity contribution in [1.82, 2.24) is 15.3 Å². The molecule has 2 N–H and O–H groups in total. The second-order valence-electron chi connectivity index (χ2n) is 4.02. The minimum absolute atomic E-state index is 0.0517. The monoisotopic (exact) mass is 280 g/mol. The molecule has 0 saturated carbocycles. The SMILES string of the molecule is CCNc1ncc([N+](=O)[O-])c(N2CC(=O)NC(=O)C2)n1. The lowest BCUT2D eigenvalue weighted by Gasteiger charge is -2.26. The lowest BCUT2D eigenvalue weighted by atomic mass is 10.3. The number of anilines is 2. The van der Waals surface area contributed by atoms with Crippen LogP contribution in [0.3, 0.4) is 0 Å². The summed E-state index contributed by atoms with van der Waals surface area (Å²) in [4.78, 5) is 42.1. The van der Waals surface area contributed by atoms with E-state index in [0.29, 0.717) is 6.54 Å². The number of piperazine rings is 1. The van der Waals surface area contributed by atoms with Crippen molar-refractivity contribution in [2.24, 2.45) is 0 Å². The molecule has 0 bridgehead atoms. The topological polar surface area (TPSA) is 130 Å². The number of hydrogen-bond acceptors (Lipinski definition) is 8. The van der Waals surface area contributed by atoms with Crippen LogP contribution in [0.5, 0.6) is 0 Å². The second-order valence-corrected chi connectivity index (χ2v) is 4.02. The molecule has 2 heterocycles. The van der Waals surface area contributed by atoms with Gasteiger partial charge in [-0.1, -0.05) is 0 Å². The summed E-state index contributed by atoms with van der Waals surface area (Å²) in [6.45, 7) is 2.02. The Labute approximate surface area is 113 Å². The summed E-state index contributed by atoms with van der Waals surface area (Å²) < 4.78 is 0. The van der Waals surface area contributed by atoms with Crippen molar-refractivity contribution < 1.29 is 14.5 Å². The summed E-state index contributed by atoms with van der Waals surface area (Å²) in [5.41, 5.74) is -0.353. The molecule has 0 aromatic carbocycles. The van der Waals surface area contributed by atoms with Gasteiger partial charge in [-0.05, 0) is 6.92 Å². The molecular formula is C10H12N6O4. The highest BCUT2D eigenvalue weighted by atomic mass is 16.6. The smallest absolute Gasteiger partial charge is 0.329 e. The molecule has 0 atom stereocenters. The molecule has 2 amide bonds. The van der Waals surface area contributed by atoms with Gasteiger partial charge in [-0.2, -0.15) is 4.98 Å². The molecule has 1 aliphatic heterocycles. The third kappa shape index (κ3) is 2.79. The van der Waals surface area contributed by atoms with Gasteiger partial charge in [0.25, 0.3) is 0 Å². The van der Waals surface area contributed by atoms with Crippen LogP contribution in [0.4, 0.5) is 17.5 Å². The molecule has 106 valence electrons. The summed E-state index contributed by atoms with van der Waals surface area (Å²) in [7, 11) is 0. The zero-order chi connectivity index (χ0) is 14.7. The zero-order valence-electron chi connectivity index (χ0n) is 10.6. The normalized spacial score (nSPS) is 14.9. The van der Waals surface area contributed by atoms with Gasteiger partial charge in [-0.3, -0.25) is 25.0 Å². The number of amides is 2. The number of rotatable bonds is 4. The number of aromatic nitrogens is 2. The first kappa shape index (κ1) is 13.6. The Morgan fingerprint density at radius 2 is 2.10 bits per heavy atom. The first-order valence-corrected chi connectivity index (χ1v) is 5.84. The lowest BCUT2D eigenvalue weighted by molar-refractivity contribution is -0.384. The predicted molar refractivity (Wildman–Crippen MR) is 68.2 cm³/mol. The highest BCUT2D eigenvalue weighted by Gasteiger charge is 2.29. The third-order valence-electron chi connectivity index (χ3n) is 2.53. The van der Waals surface area contributed by atoms with Gasteiger partial charge in [0.05, 0.1) is 18.0 Å². The molecule has 0 radical (unpaired) electrons. The van der Waals surface area contributed by atoms with Crippen LogP contribution in [0.1, 0.15) is 6.92 Å². The summed E-state index contributed by atoms with van der Waals surface area (Å²) in [6.07, 6.45) is 1.05. The molecule has 1 aromatic rings. The van der Waals surface area contributed by atoms with Crippen LogP contribution in [0.15, 0.2) is 6.20 Å². The van der Waals surface area contributed by atoms with Crippen molar-refractivity contribution in [3.05, 3.63) is 16.3 Å². The maximum Gasteiger partial charge on any atom is 0.329 e. The minimum atomic E-state index is -0.651. The quantitative estimate of drug-likeness (QED) is 0.419. The van der Waals surface area contributed by atoms with Crippen LogP contribution < -0.4 is 15.5 Å². The average Bonchev–Trinajstić information content (AvgIpc) is 2.37. The van der Waals surface area contributed by atoms with Crippen molar-refractivity contribution in [3.8, 4) is 0 Å². The van der Waals surface area contributed by atoms with Gasteiger partial charge in [0.1, 0.15) is 6.20 Å². The van der Waals surface area contributed by atoms with Gasteiger partial charge in [0, 0.05) is 6.54 Å². The Balaban J connectivity index is 2.40. The van der Waals surface area contributed by atoms with Gasteiger partial charge < -0.3 is 10.2 Å². The number of imide groups is 1. The van der Waals surface area contributed by atoms with E-state index in [9.17, 15) is 19.7 Å². The van der Waals surface area contributed by atoms with Crippen LogP contribution in [0.2, 0.25) is 0 Å². The summed E-state index contributed by atoms with van der Waals surface area (Å²) >= 11 is 0. The van der Waals surface area contributed by atoms with Crippen molar-refractivity contribution in [2.45, 2.75) is 6.92 Å². The Hall–Kier alpha value is -2.78. The van der Waals surface area contributed by atoms with Crippen molar-refractivity contribution >= 4 is 29.3 Å². The molecule has 1 saturated heterocycles. The van der Waals surface area contributed by atoms with E-state index in [4.69, 9.17) is 0 Å². The molecule has 10 heteroatoms. The van der Waals surface area contributed by atoms with Gasteiger partial charge in [-0.25, -0.2) is 4.98 Å². The number of nitrogens with zero attached hydrogens (tertiary/aromatic N) is 4. The molecular weight excluding hydrogens is 268 g/mol. The minimum Gasteiger partial charge on any atom is -0.354 e. The largest absolute Gasteiger partial charge is 0.354 e. The summed E-state index contributed by atoms with van der Waals surface area (Å²) in [5.74, 6) is -0.908. The number of carbonyl (C=O) groups is 2. The van der Waals surface area contributed by atoms with Gasteiger partial charge in [0.2, 0.25) is 23.6 Å². The molecule has 10 nitrogen and oxygen atoms in total. The molecule has 20 heavy (non-hydrogen) atoms. The Bertz CT molecular complexity index is 559. The Morgan fingerprint density at radius 3 is 2.65 bits per heavy atom. The zero-order valence-corrected chi connectivity index (χ0v) is 10.6. The van der Waals surface area contributed by atoms with E-state index in [1.165, 1.54) is 4.90 Å². The molecule has 1 aromatic heterocycles. The first-order chi connectivity index (χ1) is 9.51. The molecule has 0 unspecified atom stereocenters. The Morgan fingerprint density at radius 1 is 1.45 bits per heavy atom. The van der Waals surface area contributed by atoms with Crippen LogP contribution in [-0.4, -0.2) is 46.3 Å². The number of carbonyl (C=O) groups excluding carboxylic acids is 2. The highest BCUT2D eigenvalue weighted by molar-refractivity contribution is 6.02. The Kier molecular flexibility index (Phi) is 3.73. The molecule has 1 fully saturated rings. The maximum absolute atomic E-state index is 11.3. The van der Waals surface area contributed by atoms with E-state index < -0.39 is 16.7 Å². The fourth-order valence-corrected chi connectivity index (χ4v) is 1.76. The standard InChI is InChI=1S/C10H12N6O4/c1-2-11-10-12-3-6(16(19)20)9(14-10)15-4-7(17)13-8(18)5-15/h3H,2,4-5H2,1H3,(H,11,12,14)(H,13,17,18). The fraction of sp³-hybridized carbons (Fsp3) is 0.400. The predicted octanol–water partition coefficient (Wildman–Crippen LogP) is -0.721. The van der Waals surface area contributed by atoms with Crippen molar-refractivity contribution in [2.75, 3.05) is 29.9 Å². The molecule has 2 rings (SSSR count). The third-order valence-corrected chi connectivity index (χ3v) is 2.53. The maximum atomic E-state index is 11.3. The van der Waals surface area contributed by atoms with Crippen molar-refractivity contribution in [1.29, 1.82) is 0 Å². The molecule has 0 spiro atoms. The molecule has 1 aliphatic rings. The highest BCUT2D eigenvalue weighted by Crippen LogP contribution is 2.26. The van der Waals surface area contributed by atoms with Gasteiger partial charge >= 0.3 is 5.69 Å². The first-order valence-electron chi connectivity index (χ1n) is 5.84. The molecule has 0 aliphatic carbocycles.